The van der Waals surface area contributed by atoms with Gasteiger partial charge in [-0.1, -0.05) is 11.6 Å². The smallest absolute Gasteiger partial charge is 0.0931 e. The molecule has 0 fully saturated rings. The second kappa shape index (κ2) is 5.12. The Morgan fingerprint density at radius 3 is 2.71 bits per heavy atom. The SMILES string of the molecule is CC(C)(CCN)NCc1ccc(Cl)s1. The first-order valence-electron chi connectivity index (χ1n) is 4.73. The van der Waals surface area contributed by atoms with E-state index in [-0.39, 0.29) is 5.54 Å². The van der Waals surface area contributed by atoms with Crippen LogP contribution in [-0.2, 0) is 6.54 Å². The molecule has 0 radical (unpaired) electrons. The molecule has 2 nitrogen and oxygen atoms in total. The maximum Gasteiger partial charge on any atom is 0.0931 e. The largest absolute Gasteiger partial charge is 0.330 e. The van der Waals surface area contributed by atoms with Crippen molar-refractivity contribution in [1.82, 2.24) is 5.32 Å². The number of thiophene rings is 1. The van der Waals surface area contributed by atoms with Gasteiger partial charge < -0.3 is 11.1 Å². The number of nitrogens with one attached hydrogen (secondary N) is 1. The number of nitrogens with two attached hydrogens (primary N) is 1. The third-order valence-corrected chi connectivity index (χ3v) is 3.37. The Morgan fingerprint density at radius 2 is 2.21 bits per heavy atom. The predicted molar refractivity (Wildman–Crippen MR) is 63.9 cm³/mol. The van der Waals surface area contributed by atoms with Crippen LogP contribution in [0.15, 0.2) is 12.1 Å². The summed E-state index contributed by atoms with van der Waals surface area (Å²) < 4.78 is 0.846. The van der Waals surface area contributed by atoms with E-state index in [1.165, 1.54) is 4.88 Å². The molecule has 0 aliphatic rings. The highest BCUT2D eigenvalue weighted by atomic mass is 35.5. The van der Waals surface area contributed by atoms with E-state index in [2.05, 4.69) is 25.2 Å². The minimum Gasteiger partial charge on any atom is -0.330 e. The number of rotatable bonds is 5. The fourth-order valence-electron chi connectivity index (χ4n) is 1.22. The van der Waals surface area contributed by atoms with E-state index in [0.29, 0.717) is 6.54 Å². The van der Waals surface area contributed by atoms with Crippen LogP contribution in [0.3, 0.4) is 0 Å². The number of hydrogen-bond donors (Lipinski definition) is 2. The van der Waals surface area contributed by atoms with Gasteiger partial charge in [-0.2, -0.15) is 0 Å². The summed E-state index contributed by atoms with van der Waals surface area (Å²) >= 11 is 7.46. The maximum absolute atomic E-state index is 5.84. The van der Waals surface area contributed by atoms with Gasteiger partial charge in [-0.25, -0.2) is 0 Å². The van der Waals surface area contributed by atoms with Crippen molar-refractivity contribution in [2.45, 2.75) is 32.4 Å². The van der Waals surface area contributed by atoms with Gasteiger partial charge in [-0.05, 0) is 38.9 Å². The van der Waals surface area contributed by atoms with E-state index in [1.807, 2.05) is 6.07 Å². The molecular weight excluding hydrogens is 216 g/mol. The highest BCUT2D eigenvalue weighted by Crippen LogP contribution is 2.21. The van der Waals surface area contributed by atoms with Gasteiger partial charge in [0.25, 0.3) is 0 Å². The Hall–Kier alpha value is -0.0900. The zero-order chi connectivity index (χ0) is 10.6. The van der Waals surface area contributed by atoms with Crippen LogP contribution >= 0.6 is 22.9 Å². The van der Waals surface area contributed by atoms with Gasteiger partial charge >= 0.3 is 0 Å². The first-order valence-corrected chi connectivity index (χ1v) is 5.92. The monoisotopic (exact) mass is 232 g/mol. The first-order chi connectivity index (χ1) is 6.53. The molecule has 0 saturated carbocycles. The van der Waals surface area contributed by atoms with E-state index in [0.717, 1.165) is 17.3 Å². The average molecular weight is 233 g/mol. The van der Waals surface area contributed by atoms with E-state index in [9.17, 15) is 0 Å². The van der Waals surface area contributed by atoms with Gasteiger partial charge in [0.1, 0.15) is 0 Å². The average Bonchev–Trinajstić information content (AvgIpc) is 2.48. The van der Waals surface area contributed by atoms with E-state index >= 15 is 0 Å². The van der Waals surface area contributed by atoms with Gasteiger partial charge in [0.15, 0.2) is 0 Å². The molecule has 1 aromatic rings. The second-order valence-corrected chi connectivity index (χ2v) is 5.78. The van der Waals surface area contributed by atoms with E-state index in [4.69, 9.17) is 17.3 Å². The molecule has 0 unspecified atom stereocenters. The lowest BCUT2D eigenvalue weighted by atomic mass is 10.0. The van der Waals surface area contributed by atoms with Crippen molar-refractivity contribution >= 4 is 22.9 Å². The number of hydrogen-bond acceptors (Lipinski definition) is 3. The summed E-state index contributed by atoms with van der Waals surface area (Å²) in [4.78, 5) is 1.26. The highest BCUT2D eigenvalue weighted by Gasteiger charge is 2.15. The molecule has 1 heterocycles. The van der Waals surface area contributed by atoms with Crippen LogP contribution in [0.2, 0.25) is 4.34 Å². The molecule has 0 aliphatic carbocycles. The number of halogens is 1. The van der Waals surface area contributed by atoms with Gasteiger partial charge in [0.05, 0.1) is 4.34 Å². The standard InChI is InChI=1S/C10H17ClN2S/c1-10(2,5-6-12)13-7-8-3-4-9(11)14-8/h3-4,13H,5-7,12H2,1-2H3. The highest BCUT2D eigenvalue weighted by molar-refractivity contribution is 7.16. The summed E-state index contributed by atoms with van der Waals surface area (Å²) in [6, 6.07) is 3.98. The lowest BCUT2D eigenvalue weighted by molar-refractivity contribution is 0.367. The van der Waals surface area contributed by atoms with Crippen LogP contribution in [0.25, 0.3) is 0 Å². The van der Waals surface area contributed by atoms with Crippen molar-refractivity contribution in [1.29, 1.82) is 0 Å². The third kappa shape index (κ3) is 3.96. The summed E-state index contributed by atoms with van der Waals surface area (Å²) in [5.74, 6) is 0. The molecule has 0 bridgehead atoms. The Labute approximate surface area is 94.5 Å². The van der Waals surface area contributed by atoms with Gasteiger partial charge in [-0.3, -0.25) is 0 Å². The molecule has 80 valence electrons. The van der Waals surface area contributed by atoms with E-state index in [1.54, 1.807) is 11.3 Å². The molecule has 0 saturated heterocycles. The lowest BCUT2D eigenvalue weighted by Crippen LogP contribution is -2.40. The molecule has 1 rings (SSSR count). The molecule has 0 spiro atoms. The van der Waals surface area contributed by atoms with Crippen LogP contribution in [-0.4, -0.2) is 12.1 Å². The zero-order valence-corrected chi connectivity index (χ0v) is 10.2. The van der Waals surface area contributed by atoms with Crippen molar-refractivity contribution in [3.63, 3.8) is 0 Å². The van der Waals surface area contributed by atoms with Crippen LogP contribution in [0.4, 0.5) is 0 Å². The summed E-state index contributed by atoms with van der Waals surface area (Å²) in [5, 5.41) is 3.46. The quantitative estimate of drug-likeness (QED) is 0.819. The summed E-state index contributed by atoms with van der Waals surface area (Å²) in [5.41, 5.74) is 5.63. The molecule has 3 N–H and O–H groups in total. The fraction of sp³-hybridized carbons (Fsp3) is 0.600. The van der Waals surface area contributed by atoms with Gasteiger partial charge in [0.2, 0.25) is 0 Å². The molecule has 0 atom stereocenters. The van der Waals surface area contributed by atoms with Crippen molar-refractivity contribution in [3.8, 4) is 0 Å². The minimum absolute atomic E-state index is 0.102. The Morgan fingerprint density at radius 1 is 1.50 bits per heavy atom. The van der Waals surface area contributed by atoms with Gasteiger partial charge in [-0.15, -0.1) is 11.3 Å². The summed E-state index contributed by atoms with van der Waals surface area (Å²) in [7, 11) is 0. The van der Waals surface area contributed by atoms with Crippen LogP contribution in [0, 0.1) is 0 Å². The normalized spacial score (nSPS) is 12.0. The fourth-order valence-corrected chi connectivity index (χ4v) is 2.25. The van der Waals surface area contributed by atoms with Crippen molar-refractivity contribution < 1.29 is 0 Å². The first kappa shape index (κ1) is 12.0. The molecule has 1 aromatic heterocycles. The minimum atomic E-state index is 0.102. The molecule has 0 amide bonds. The lowest BCUT2D eigenvalue weighted by Gasteiger charge is -2.25. The Balaban J connectivity index is 2.40. The zero-order valence-electron chi connectivity index (χ0n) is 8.64. The van der Waals surface area contributed by atoms with E-state index < -0.39 is 0 Å². The predicted octanol–water partition coefficient (Wildman–Crippen LogP) is 2.62. The van der Waals surface area contributed by atoms with Gasteiger partial charge in [0, 0.05) is 17.0 Å². The van der Waals surface area contributed by atoms with Crippen LogP contribution in [0.1, 0.15) is 25.1 Å². The van der Waals surface area contributed by atoms with Crippen LogP contribution in [0.5, 0.6) is 0 Å². The second-order valence-electron chi connectivity index (χ2n) is 3.98. The molecule has 0 aromatic carbocycles. The molecule has 4 heteroatoms. The third-order valence-electron chi connectivity index (χ3n) is 2.14. The Kier molecular flexibility index (Phi) is 4.38. The molecular formula is C10H17ClN2S. The maximum atomic E-state index is 5.84. The summed E-state index contributed by atoms with van der Waals surface area (Å²) in [6.07, 6.45) is 0.978. The Bertz CT molecular complexity index is 283. The molecule has 14 heavy (non-hydrogen) atoms. The summed E-state index contributed by atoms with van der Waals surface area (Å²) in [6.45, 7) is 5.90. The van der Waals surface area contributed by atoms with Crippen LogP contribution < -0.4 is 11.1 Å². The van der Waals surface area contributed by atoms with Crippen molar-refractivity contribution in [2.24, 2.45) is 5.73 Å². The van der Waals surface area contributed by atoms with Crippen molar-refractivity contribution in [2.75, 3.05) is 6.54 Å². The topological polar surface area (TPSA) is 38.0 Å². The van der Waals surface area contributed by atoms with Crippen molar-refractivity contribution in [3.05, 3.63) is 21.3 Å². The molecule has 0 aliphatic heterocycles.